The van der Waals surface area contributed by atoms with E-state index in [1.807, 2.05) is 0 Å². The number of carboxylic acids is 2. The predicted octanol–water partition coefficient (Wildman–Crippen LogP) is 3.95. The van der Waals surface area contributed by atoms with Gasteiger partial charge in [-0.05, 0) is 25.0 Å². The summed E-state index contributed by atoms with van der Waals surface area (Å²) < 4.78 is 9.64. The van der Waals surface area contributed by atoms with Gasteiger partial charge in [0, 0.05) is 12.2 Å². The van der Waals surface area contributed by atoms with E-state index in [0.29, 0.717) is 25.4 Å². The van der Waals surface area contributed by atoms with Crippen molar-refractivity contribution in [3.8, 4) is 0 Å². The fraction of sp³-hybridized carbons (Fsp3) is 0.714. The van der Waals surface area contributed by atoms with E-state index in [9.17, 15) is 29.4 Å². The first-order chi connectivity index (χ1) is 17.3. The van der Waals surface area contributed by atoms with Crippen LogP contribution in [0.25, 0.3) is 0 Å². The van der Waals surface area contributed by atoms with Crippen LogP contribution in [-0.2, 0) is 28.7 Å². The highest BCUT2D eigenvalue weighted by Crippen LogP contribution is 2.09. The first-order valence-corrected chi connectivity index (χ1v) is 13.4. The Hall–Kier alpha value is -2.64. The second-order valence-corrected chi connectivity index (χ2v) is 8.59. The number of rotatable bonds is 22. The number of hydrogen-bond donors (Lipinski definition) is 0. The molecule has 0 unspecified atom stereocenters. The predicted molar refractivity (Wildman–Crippen MR) is 135 cm³/mol. The second kappa shape index (κ2) is 28.6. The van der Waals surface area contributed by atoms with Crippen molar-refractivity contribution in [2.45, 2.75) is 117 Å². The number of unbranched alkanes of at least 4 members (excludes halogenated alkanes) is 14. The zero-order chi connectivity index (χ0) is 27.3. The molecule has 0 aliphatic rings. The van der Waals surface area contributed by atoms with Crippen LogP contribution in [0.2, 0.25) is 0 Å². The number of ether oxygens (including phenoxy) is 2. The largest absolute Gasteiger partial charge is 0.545 e. The van der Waals surface area contributed by atoms with Crippen molar-refractivity contribution < 1.29 is 38.9 Å². The Bertz CT molecular complexity index is 625. The maximum Gasteiger partial charge on any atom is 0.330 e. The summed E-state index contributed by atoms with van der Waals surface area (Å²) in [7, 11) is 0. The number of esters is 2. The zero-order valence-corrected chi connectivity index (χ0v) is 22.3. The second-order valence-electron chi connectivity index (χ2n) is 8.59. The lowest BCUT2D eigenvalue weighted by molar-refractivity contribution is -0.298. The topological polar surface area (TPSA) is 133 Å². The molecule has 0 bridgehead atoms. The SMILES string of the molecule is CCCCCCCCCCCOC(=O)/C=C/C(=O)[O-].CCCCCCCCCOC(=O)/C=C/C(=O)[O-]. The molecule has 0 saturated heterocycles. The molecular weight excluding hydrogens is 464 g/mol. The first-order valence-electron chi connectivity index (χ1n) is 13.4. The molecule has 0 atom stereocenters. The molecule has 0 radical (unpaired) electrons. The quantitative estimate of drug-likeness (QED) is 0.121. The van der Waals surface area contributed by atoms with Gasteiger partial charge in [-0.1, -0.05) is 104 Å². The number of carbonyl (C=O) groups excluding carboxylic acids is 4. The van der Waals surface area contributed by atoms with Crippen LogP contribution in [0.15, 0.2) is 24.3 Å². The molecule has 0 heterocycles. The van der Waals surface area contributed by atoms with Gasteiger partial charge in [0.2, 0.25) is 0 Å². The zero-order valence-electron chi connectivity index (χ0n) is 22.3. The Morgan fingerprint density at radius 1 is 0.472 bits per heavy atom. The monoisotopic (exact) mass is 510 g/mol. The molecule has 0 N–H and O–H groups in total. The van der Waals surface area contributed by atoms with Gasteiger partial charge >= 0.3 is 11.9 Å². The average Bonchev–Trinajstić information content (AvgIpc) is 2.84. The Kier molecular flexibility index (Phi) is 28.2. The van der Waals surface area contributed by atoms with Crippen LogP contribution in [0, 0.1) is 0 Å². The van der Waals surface area contributed by atoms with Crippen LogP contribution in [0.4, 0.5) is 0 Å². The van der Waals surface area contributed by atoms with Gasteiger partial charge < -0.3 is 29.3 Å². The minimum absolute atomic E-state index is 0.351. The third-order valence-corrected chi connectivity index (χ3v) is 5.20. The Morgan fingerprint density at radius 2 is 0.750 bits per heavy atom. The summed E-state index contributed by atoms with van der Waals surface area (Å²) in [5, 5.41) is 20.0. The van der Waals surface area contributed by atoms with Crippen molar-refractivity contribution >= 4 is 23.9 Å². The number of hydrogen-bond acceptors (Lipinski definition) is 8. The summed E-state index contributed by atoms with van der Waals surface area (Å²) in [5.74, 6) is -4.03. The van der Waals surface area contributed by atoms with E-state index >= 15 is 0 Å². The van der Waals surface area contributed by atoms with Crippen molar-refractivity contribution in [1.82, 2.24) is 0 Å². The molecule has 8 nitrogen and oxygen atoms in total. The molecule has 0 fully saturated rings. The normalized spacial score (nSPS) is 10.7. The van der Waals surface area contributed by atoms with Gasteiger partial charge in [-0.25, -0.2) is 9.59 Å². The number of aliphatic carboxylic acids is 2. The van der Waals surface area contributed by atoms with Crippen LogP contribution in [0.1, 0.15) is 117 Å². The van der Waals surface area contributed by atoms with Gasteiger partial charge in [0.15, 0.2) is 0 Å². The molecule has 0 aromatic rings. The van der Waals surface area contributed by atoms with Crippen molar-refractivity contribution in [1.29, 1.82) is 0 Å². The van der Waals surface area contributed by atoms with E-state index in [1.165, 1.54) is 70.6 Å². The lowest BCUT2D eigenvalue weighted by Crippen LogP contribution is -2.19. The molecule has 36 heavy (non-hydrogen) atoms. The molecule has 0 aromatic heterocycles. The van der Waals surface area contributed by atoms with Gasteiger partial charge in [-0.2, -0.15) is 0 Å². The Balaban J connectivity index is 0. The molecule has 0 saturated carbocycles. The van der Waals surface area contributed by atoms with Gasteiger partial charge in [0.1, 0.15) is 0 Å². The molecule has 0 aliphatic heterocycles. The molecule has 208 valence electrons. The summed E-state index contributed by atoms with van der Waals surface area (Å²) in [6.45, 7) is 5.10. The van der Waals surface area contributed by atoms with Crippen LogP contribution in [0.5, 0.6) is 0 Å². The van der Waals surface area contributed by atoms with Crippen molar-refractivity contribution in [2.75, 3.05) is 13.2 Å². The third-order valence-electron chi connectivity index (χ3n) is 5.20. The maximum absolute atomic E-state index is 11.0. The fourth-order valence-electron chi connectivity index (χ4n) is 3.19. The average molecular weight is 511 g/mol. The molecule has 0 rings (SSSR count). The van der Waals surface area contributed by atoms with Crippen LogP contribution in [0.3, 0.4) is 0 Å². The smallest absolute Gasteiger partial charge is 0.330 e. The van der Waals surface area contributed by atoms with E-state index in [2.05, 4.69) is 13.8 Å². The van der Waals surface area contributed by atoms with Gasteiger partial charge in [0.05, 0.1) is 25.2 Å². The summed E-state index contributed by atoms with van der Waals surface area (Å²) >= 11 is 0. The number of carboxylic acid groups (broad SMARTS) is 2. The molecule has 8 heteroatoms. The van der Waals surface area contributed by atoms with Gasteiger partial charge in [-0.3, -0.25) is 0 Å². The molecule has 0 aromatic carbocycles. The van der Waals surface area contributed by atoms with Crippen molar-refractivity contribution in [3.05, 3.63) is 24.3 Å². The maximum atomic E-state index is 11.0. The van der Waals surface area contributed by atoms with E-state index in [0.717, 1.165) is 44.3 Å². The molecule has 0 amide bonds. The van der Waals surface area contributed by atoms with Crippen LogP contribution < -0.4 is 10.2 Å². The van der Waals surface area contributed by atoms with Gasteiger partial charge in [-0.15, -0.1) is 0 Å². The van der Waals surface area contributed by atoms with E-state index in [1.54, 1.807) is 0 Å². The molecule has 0 aliphatic carbocycles. The Labute approximate surface area is 217 Å². The Morgan fingerprint density at radius 3 is 1.03 bits per heavy atom. The summed E-state index contributed by atoms with van der Waals surface area (Å²) in [5.41, 5.74) is 0. The third kappa shape index (κ3) is 33.5. The van der Waals surface area contributed by atoms with E-state index < -0.39 is 23.9 Å². The van der Waals surface area contributed by atoms with Gasteiger partial charge in [0.25, 0.3) is 0 Å². The first kappa shape index (κ1) is 35.5. The standard InChI is InChI=1S/C15H26O4.C13H22O4/c1-2-3-4-5-6-7-8-9-10-13-19-15(18)12-11-14(16)17;1-2-3-4-5-6-7-8-11-17-13(16)10-9-12(14)15/h11-12H,2-10,13H2,1H3,(H,16,17);9-10H,2-8,11H2,1H3,(H,14,15)/p-2/b12-11+;10-9+. The summed E-state index contributed by atoms with van der Waals surface area (Å²) in [6.07, 6.45) is 22.0. The highest BCUT2D eigenvalue weighted by atomic mass is 16.5. The van der Waals surface area contributed by atoms with Crippen molar-refractivity contribution in [2.24, 2.45) is 0 Å². The van der Waals surface area contributed by atoms with Crippen molar-refractivity contribution in [3.63, 3.8) is 0 Å². The summed E-state index contributed by atoms with van der Waals surface area (Å²) in [6, 6.07) is 0. The number of carbonyl (C=O) groups is 4. The van der Waals surface area contributed by atoms with Crippen LogP contribution in [-0.4, -0.2) is 37.1 Å². The van der Waals surface area contributed by atoms with E-state index in [4.69, 9.17) is 9.47 Å². The minimum Gasteiger partial charge on any atom is -0.545 e. The highest BCUT2D eigenvalue weighted by Gasteiger charge is 1.98. The lowest BCUT2D eigenvalue weighted by Gasteiger charge is -2.03. The molecular formula is C28H46O8-2. The lowest BCUT2D eigenvalue weighted by atomic mass is 10.1. The van der Waals surface area contributed by atoms with Crippen LogP contribution >= 0.6 is 0 Å². The molecule has 0 spiro atoms. The highest BCUT2D eigenvalue weighted by molar-refractivity contribution is 5.90. The minimum atomic E-state index is -1.39. The van der Waals surface area contributed by atoms with E-state index in [-0.39, 0.29) is 0 Å². The fourth-order valence-corrected chi connectivity index (χ4v) is 3.19. The summed E-state index contributed by atoms with van der Waals surface area (Å²) in [4.78, 5) is 41.9.